The predicted octanol–water partition coefficient (Wildman–Crippen LogP) is 4.00. The third-order valence-corrected chi connectivity index (χ3v) is 6.56. The minimum absolute atomic E-state index is 0. The molecule has 0 aromatic heterocycles. The molecule has 0 unspecified atom stereocenters. The predicted molar refractivity (Wildman–Crippen MR) is 138 cm³/mol. The van der Waals surface area contributed by atoms with E-state index in [0.29, 0.717) is 19.8 Å². The van der Waals surface area contributed by atoms with Crippen molar-refractivity contribution in [2.45, 2.75) is 44.4 Å². The second-order valence-electron chi connectivity index (χ2n) is 7.35. The number of methoxy groups -OCH3 is 1. The van der Waals surface area contributed by atoms with E-state index in [1.807, 2.05) is 11.8 Å². The molecule has 0 saturated carbocycles. The average molecular weight is 552 g/mol. The van der Waals surface area contributed by atoms with Crippen molar-refractivity contribution in [3.05, 3.63) is 29.3 Å². The van der Waals surface area contributed by atoms with Gasteiger partial charge in [0.2, 0.25) is 0 Å². The van der Waals surface area contributed by atoms with Crippen LogP contribution in [0.3, 0.4) is 0 Å². The molecular formula is C22H38IN3O3S. The van der Waals surface area contributed by atoms with Crippen molar-refractivity contribution in [3.63, 3.8) is 0 Å². The fourth-order valence-corrected chi connectivity index (χ4v) is 4.05. The monoisotopic (exact) mass is 551 g/mol. The van der Waals surface area contributed by atoms with E-state index in [1.54, 1.807) is 7.11 Å². The fraction of sp³-hybridized carbons (Fsp3) is 0.682. The molecule has 1 aliphatic heterocycles. The minimum atomic E-state index is 0. The van der Waals surface area contributed by atoms with Crippen molar-refractivity contribution in [1.82, 2.24) is 10.6 Å². The first-order valence-corrected chi connectivity index (χ1v) is 11.7. The number of guanidine groups is 1. The number of nitrogens with zero attached hydrogens (tertiary/aromatic N) is 1. The summed E-state index contributed by atoms with van der Waals surface area (Å²) in [5.74, 6) is 1.75. The highest BCUT2D eigenvalue weighted by Crippen LogP contribution is 2.33. The van der Waals surface area contributed by atoms with Crippen LogP contribution in [0.5, 0.6) is 5.75 Å². The number of aliphatic imine (C=N–C) groups is 1. The molecule has 1 saturated heterocycles. The molecule has 0 amide bonds. The standard InChI is InChI=1S/C22H37N3O3S.HI/c1-5-23-21(25-17-22(29-4)9-13-27-14-10-22)24-16-19-8-7-18(2)15-20(19)28-12-6-11-26-3;/h7-8,15H,5-6,9-14,16-17H2,1-4H3,(H2,23,24,25);1H. The zero-order valence-corrected chi connectivity index (χ0v) is 21.9. The van der Waals surface area contributed by atoms with Crippen LogP contribution in [0, 0.1) is 6.92 Å². The van der Waals surface area contributed by atoms with Gasteiger partial charge in [-0.15, -0.1) is 24.0 Å². The van der Waals surface area contributed by atoms with E-state index in [2.05, 4.69) is 48.9 Å². The van der Waals surface area contributed by atoms with Crippen LogP contribution in [0.1, 0.15) is 37.3 Å². The van der Waals surface area contributed by atoms with Gasteiger partial charge in [0.05, 0.1) is 13.2 Å². The van der Waals surface area contributed by atoms with Gasteiger partial charge < -0.3 is 24.8 Å². The van der Waals surface area contributed by atoms with Crippen molar-refractivity contribution < 1.29 is 14.2 Å². The smallest absolute Gasteiger partial charge is 0.191 e. The summed E-state index contributed by atoms with van der Waals surface area (Å²) in [5, 5.41) is 6.91. The summed E-state index contributed by atoms with van der Waals surface area (Å²) < 4.78 is 16.9. The number of hydrogen-bond acceptors (Lipinski definition) is 5. The van der Waals surface area contributed by atoms with Gasteiger partial charge in [-0.3, -0.25) is 0 Å². The first-order chi connectivity index (χ1) is 14.1. The summed E-state index contributed by atoms with van der Waals surface area (Å²) >= 11 is 1.93. The van der Waals surface area contributed by atoms with Crippen LogP contribution < -0.4 is 15.4 Å². The second-order valence-corrected chi connectivity index (χ2v) is 8.63. The van der Waals surface area contributed by atoms with Crippen molar-refractivity contribution >= 4 is 41.7 Å². The molecule has 1 heterocycles. The maximum atomic E-state index is 5.99. The molecule has 0 radical (unpaired) electrons. The van der Waals surface area contributed by atoms with E-state index in [9.17, 15) is 0 Å². The molecule has 1 aromatic rings. The van der Waals surface area contributed by atoms with E-state index in [1.165, 1.54) is 5.56 Å². The Morgan fingerprint density at radius 2 is 2.00 bits per heavy atom. The molecular weight excluding hydrogens is 513 g/mol. The first kappa shape index (κ1) is 27.3. The molecule has 0 bridgehead atoms. The number of thioether (sulfide) groups is 1. The fourth-order valence-electron chi connectivity index (χ4n) is 3.26. The number of ether oxygens (including phenoxy) is 3. The lowest BCUT2D eigenvalue weighted by Gasteiger charge is -2.36. The normalized spacial score (nSPS) is 15.9. The zero-order valence-electron chi connectivity index (χ0n) is 18.8. The Morgan fingerprint density at radius 1 is 1.23 bits per heavy atom. The lowest BCUT2D eigenvalue weighted by Crippen LogP contribution is -2.47. The molecule has 30 heavy (non-hydrogen) atoms. The molecule has 8 heteroatoms. The maximum absolute atomic E-state index is 5.99. The van der Waals surface area contributed by atoms with Gasteiger partial charge in [-0.05, 0) is 44.6 Å². The van der Waals surface area contributed by atoms with Crippen molar-refractivity contribution in [1.29, 1.82) is 0 Å². The molecule has 0 atom stereocenters. The molecule has 2 rings (SSSR count). The summed E-state index contributed by atoms with van der Waals surface area (Å²) in [6, 6.07) is 6.30. The summed E-state index contributed by atoms with van der Waals surface area (Å²) in [5.41, 5.74) is 2.28. The van der Waals surface area contributed by atoms with Gasteiger partial charge in [0, 0.05) is 56.8 Å². The molecule has 0 aliphatic carbocycles. The maximum Gasteiger partial charge on any atom is 0.191 e. The number of hydrogen-bond donors (Lipinski definition) is 2. The third kappa shape index (κ3) is 9.20. The summed E-state index contributed by atoms with van der Waals surface area (Å²) in [4.78, 5) is 4.82. The van der Waals surface area contributed by atoms with E-state index in [0.717, 1.165) is 62.8 Å². The van der Waals surface area contributed by atoms with Gasteiger partial charge in [0.1, 0.15) is 5.75 Å². The van der Waals surface area contributed by atoms with Crippen molar-refractivity contribution in [2.75, 3.05) is 52.9 Å². The first-order valence-electron chi connectivity index (χ1n) is 10.5. The Labute approximate surface area is 203 Å². The highest BCUT2D eigenvalue weighted by Gasteiger charge is 2.31. The molecule has 1 aromatic carbocycles. The van der Waals surface area contributed by atoms with Crippen molar-refractivity contribution in [3.8, 4) is 5.75 Å². The molecule has 2 N–H and O–H groups in total. The van der Waals surface area contributed by atoms with Gasteiger partial charge >= 0.3 is 0 Å². The van der Waals surface area contributed by atoms with Crippen LogP contribution in [0.15, 0.2) is 23.2 Å². The second kappa shape index (κ2) is 15.2. The third-order valence-electron chi connectivity index (χ3n) is 5.14. The van der Waals surface area contributed by atoms with E-state index in [-0.39, 0.29) is 28.7 Å². The Bertz CT molecular complexity index is 640. The molecule has 172 valence electrons. The number of nitrogens with one attached hydrogen (secondary N) is 2. The molecule has 6 nitrogen and oxygen atoms in total. The number of rotatable bonds is 11. The Kier molecular flexibility index (Phi) is 13.8. The topological polar surface area (TPSA) is 64.1 Å². The number of benzene rings is 1. The van der Waals surface area contributed by atoms with Crippen LogP contribution in [0.25, 0.3) is 0 Å². The Hall–Kier alpha value is -0.710. The number of halogens is 1. The van der Waals surface area contributed by atoms with Crippen molar-refractivity contribution in [2.24, 2.45) is 4.99 Å². The summed E-state index contributed by atoms with van der Waals surface area (Å²) in [6.45, 7) is 9.48. The SMILES string of the molecule is CCNC(=NCc1ccc(C)cc1OCCCOC)NCC1(SC)CCOCC1.I. The van der Waals surface area contributed by atoms with Gasteiger partial charge in [0.15, 0.2) is 5.96 Å². The Morgan fingerprint density at radius 3 is 2.67 bits per heavy atom. The summed E-state index contributed by atoms with van der Waals surface area (Å²) in [6.07, 6.45) is 5.20. The lowest BCUT2D eigenvalue weighted by molar-refractivity contribution is 0.0783. The lowest BCUT2D eigenvalue weighted by atomic mass is 9.99. The van der Waals surface area contributed by atoms with Gasteiger partial charge in [-0.25, -0.2) is 4.99 Å². The molecule has 1 fully saturated rings. The molecule has 0 spiro atoms. The Balaban J connectivity index is 0.00000450. The van der Waals surface area contributed by atoms with Gasteiger partial charge in [-0.2, -0.15) is 11.8 Å². The van der Waals surface area contributed by atoms with E-state index >= 15 is 0 Å². The van der Waals surface area contributed by atoms with Crippen LogP contribution >= 0.6 is 35.7 Å². The number of aryl methyl sites for hydroxylation is 1. The van der Waals surface area contributed by atoms with E-state index in [4.69, 9.17) is 19.2 Å². The average Bonchev–Trinajstić information content (AvgIpc) is 2.75. The van der Waals surface area contributed by atoms with E-state index < -0.39 is 0 Å². The summed E-state index contributed by atoms with van der Waals surface area (Å²) in [7, 11) is 1.71. The van der Waals surface area contributed by atoms with Crippen LogP contribution in [-0.4, -0.2) is 63.6 Å². The quantitative estimate of drug-likeness (QED) is 0.188. The van der Waals surface area contributed by atoms with Crippen LogP contribution in [0.2, 0.25) is 0 Å². The van der Waals surface area contributed by atoms with Crippen LogP contribution in [0.4, 0.5) is 0 Å². The highest BCUT2D eigenvalue weighted by atomic mass is 127. The largest absolute Gasteiger partial charge is 0.493 e. The van der Waals surface area contributed by atoms with Gasteiger partial charge in [0.25, 0.3) is 0 Å². The zero-order chi connectivity index (χ0) is 21.0. The van der Waals surface area contributed by atoms with Gasteiger partial charge in [-0.1, -0.05) is 12.1 Å². The highest BCUT2D eigenvalue weighted by molar-refractivity contribution is 14.0. The molecule has 1 aliphatic rings. The van der Waals surface area contributed by atoms with Crippen LogP contribution in [-0.2, 0) is 16.0 Å². The minimum Gasteiger partial charge on any atom is -0.493 e.